The molecule has 3 aromatic rings. The van der Waals surface area contributed by atoms with Gasteiger partial charge in [-0.25, -0.2) is 12.8 Å². The summed E-state index contributed by atoms with van der Waals surface area (Å²) in [5.74, 6) is -0.182. The van der Waals surface area contributed by atoms with Crippen molar-refractivity contribution in [2.45, 2.75) is 18.4 Å². The number of anilines is 1. The average molecular weight is 537 g/mol. The van der Waals surface area contributed by atoms with Gasteiger partial charge < -0.3 is 19.5 Å². The van der Waals surface area contributed by atoms with E-state index in [1.54, 1.807) is 18.2 Å². The molecule has 0 bridgehead atoms. The summed E-state index contributed by atoms with van der Waals surface area (Å²) in [6, 6.07) is 14.6. The fourth-order valence-corrected chi connectivity index (χ4v) is 4.99. The van der Waals surface area contributed by atoms with Crippen LogP contribution in [0.5, 0.6) is 17.2 Å². The molecule has 0 spiro atoms. The summed E-state index contributed by atoms with van der Waals surface area (Å²) in [4.78, 5) is 12.8. The predicted molar refractivity (Wildman–Crippen MR) is 135 cm³/mol. The van der Waals surface area contributed by atoms with Crippen LogP contribution in [0.4, 0.5) is 10.1 Å². The Hall–Kier alpha value is -3.50. The number of hydrogen-bond donors (Lipinski definition) is 1. The SMILES string of the molecule is CCOc1ccccc1CNC(=O)CN(c1ccc(F)c(Cl)c1)S(=O)(=O)c1ccc(OC)c(OC)c1. The zero-order chi connectivity index (χ0) is 26.3. The molecule has 0 unspecified atom stereocenters. The van der Waals surface area contributed by atoms with E-state index < -0.39 is 28.3 Å². The molecule has 0 radical (unpaired) electrons. The number of nitrogens with zero attached hydrogens (tertiary/aromatic N) is 1. The van der Waals surface area contributed by atoms with Gasteiger partial charge in [-0.3, -0.25) is 9.10 Å². The molecule has 0 aromatic heterocycles. The topological polar surface area (TPSA) is 94.2 Å². The van der Waals surface area contributed by atoms with Gasteiger partial charge in [-0.2, -0.15) is 0 Å². The van der Waals surface area contributed by atoms with E-state index in [2.05, 4.69) is 5.32 Å². The molecule has 3 rings (SSSR count). The van der Waals surface area contributed by atoms with Crippen molar-refractivity contribution in [2.75, 3.05) is 31.7 Å². The minimum atomic E-state index is -4.30. The molecule has 0 saturated heterocycles. The molecule has 36 heavy (non-hydrogen) atoms. The Balaban J connectivity index is 1.93. The average Bonchev–Trinajstić information content (AvgIpc) is 2.88. The number of nitrogens with one attached hydrogen (secondary N) is 1. The minimum absolute atomic E-state index is 0.0149. The van der Waals surface area contributed by atoms with Crippen molar-refractivity contribution in [2.24, 2.45) is 0 Å². The van der Waals surface area contributed by atoms with E-state index in [1.807, 2.05) is 13.0 Å². The predicted octanol–water partition coefficient (Wildman–Crippen LogP) is 4.41. The molecular formula is C25H26ClFN2O6S. The van der Waals surface area contributed by atoms with E-state index in [0.29, 0.717) is 18.1 Å². The highest BCUT2D eigenvalue weighted by Gasteiger charge is 2.29. The molecule has 192 valence electrons. The second-order valence-electron chi connectivity index (χ2n) is 7.44. The lowest BCUT2D eigenvalue weighted by molar-refractivity contribution is -0.119. The molecule has 1 amide bonds. The van der Waals surface area contributed by atoms with Gasteiger partial charge in [-0.05, 0) is 43.3 Å². The van der Waals surface area contributed by atoms with Crippen LogP contribution >= 0.6 is 11.6 Å². The van der Waals surface area contributed by atoms with Crippen LogP contribution in [-0.2, 0) is 21.4 Å². The molecule has 0 fully saturated rings. The molecule has 0 heterocycles. The molecule has 1 N–H and O–H groups in total. The first-order valence-corrected chi connectivity index (χ1v) is 12.7. The summed E-state index contributed by atoms with van der Waals surface area (Å²) in [5, 5.41) is 2.43. The van der Waals surface area contributed by atoms with E-state index in [9.17, 15) is 17.6 Å². The van der Waals surface area contributed by atoms with Crippen molar-refractivity contribution in [1.29, 1.82) is 0 Å². The molecular weight excluding hydrogens is 511 g/mol. The summed E-state index contributed by atoms with van der Waals surface area (Å²) >= 11 is 5.92. The second-order valence-corrected chi connectivity index (χ2v) is 9.71. The highest BCUT2D eigenvalue weighted by atomic mass is 35.5. The van der Waals surface area contributed by atoms with Crippen LogP contribution in [0.2, 0.25) is 5.02 Å². The van der Waals surface area contributed by atoms with Crippen LogP contribution in [0.25, 0.3) is 0 Å². The number of para-hydroxylation sites is 1. The number of methoxy groups -OCH3 is 2. The number of benzene rings is 3. The van der Waals surface area contributed by atoms with Crippen molar-refractivity contribution in [3.63, 3.8) is 0 Å². The lowest BCUT2D eigenvalue weighted by Crippen LogP contribution is -2.40. The summed E-state index contributed by atoms with van der Waals surface area (Å²) in [7, 11) is -1.51. The molecule has 0 atom stereocenters. The summed E-state index contributed by atoms with van der Waals surface area (Å²) in [6.45, 7) is 1.83. The third-order valence-electron chi connectivity index (χ3n) is 5.17. The zero-order valence-corrected chi connectivity index (χ0v) is 21.5. The molecule has 11 heteroatoms. The molecule has 0 aliphatic carbocycles. The lowest BCUT2D eigenvalue weighted by atomic mass is 10.2. The first-order valence-electron chi connectivity index (χ1n) is 10.9. The summed E-state index contributed by atoms with van der Waals surface area (Å²) in [5.41, 5.74) is 0.743. The van der Waals surface area contributed by atoms with Gasteiger partial charge in [0.25, 0.3) is 10.0 Å². The van der Waals surface area contributed by atoms with E-state index in [0.717, 1.165) is 22.0 Å². The number of ether oxygens (including phenoxy) is 3. The maximum absolute atomic E-state index is 13.8. The Morgan fingerprint density at radius 3 is 2.39 bits per heavy atom. The highest BCUT2D eigenvalue weighted by molar-refractivity contribution is 7.92. The van der Waals surface area contributed by atoms with Crippen LogP contribution in [0.3, 0.4) is 0 Å². The smallest absolute Gasteiger partial charge is 0.264 e. The van der Waals surface area contributed by atoms with Crippen molar-refractivity contribution in [3.05, 3.63) is 77.1 Å². The lowest BCUT2D eigenvalue weighted by Gasteiger charge is -2.25. The number of hydrogen-bond acceptors (Lipinski definition) is 6. The molecule has 0 aliphatic heterocycles. The van der Waals surface area contributed by atoms with E-state index >= 15 is 0 Å². The Bertz CT molecular complexity index is 1340. The van der Waals surface area contributed by atoms with Gasteiger partial charge in [-0.1, -0.05) is 29.8 Å². The maximum atomic E-state index is 13.8. The van der Waals surface area contributed by atoms with E-state index in [1.165, 1.54) is 38.5 Å². The van der Waals surface area contributed by atoms with Crippen LogP contribution in [-0.4, -0.2) is 41.7 Å². The Labute approximate surface area is 214 Å². The Kier molecular flexibility index (Phi) is 9.00. The molecule has 8 nitrogen and oxygen atoms in total. The normalized spacial score (nSPS) is 11.0. The van der Waals surface area contributed by atoms with Gasteiger partial charge in [0.2, 0.25) is 5.91 Å². The Morgan fingerprint density at radius 1 is 1.00 bits per heavy atom. The largest absolute Gasteiger partial charge is 0.494 e. The van der Waals surface area contributed by atoms with Crippen molar-refractivity contribution in [1.82, 2.24) is 5.32 Å². The van der Waals surface area contributed by atoms with Crippen LogP contribution in [0.1, 0.15) is 12.5 Å². The van der Waals surface area contributed by atoms with Gasteiger partial charge in [0.05, 0.1) is 36.4 Å². The fourth-order valence-electron chi connectivity index (χ4n) is 3.39. The number of carbonyl (C=O) groups excluding carboxylic acids is 1. The second kappa shape index (κ2) is 12.0. The first kappa shape index (κ1) is 27.1. The Morgan fingerprint density at radius 2 is 1.72 bits per heavy atom. The summed E-state index contributed by atoms with van der Waals surface area (Å²) in [6.07, 6.45) is 0. The molecule has 0 aliphatic rings. The monoisotopic (exact) mass is 536 g/mol. The standard InChI is InChI=1S/C25H26ClFN2O6S/c1-4-35-22-8-6-5-7-17(22)15-28-25(30)16-29(18-9-11-21(27)20(26)13-18)36(31,32)19-10-12-23(33-2)24(14-19)34-3/h5-14H,4,15-16H2,1-3H3,(H,28,30). The van der Waals surface area contributed by atoms with Crippen LogP contribution < -0.4 is 23.8 Å². The third kappa shape index (κ3) is 6.19. The quantitative estimate of drug-likeness (QED) is 0.390. The fraction of sp³-hybridized carbons (Fsp3) is 0.240. The third-order valence-corrected chi connectivity index (χ3v) is 7.23. The van der Waals surface area contributed by atoms with Gasteiger partial charge >= 0.3 is 0 Å². The number of halogens is 2. The number of sulfonamides is 1. The van der Waals surface area contributed by atoms with Crippen LogP contribution in [0, 0.1) is 5.82 Å². The highest BCUT2D eigenvalue weighted by Crippen LogP contribution is 2.33. The number of carbonyl (C=O) groups is 1. The van der Waals surface area contributed by atoms with Crippen molar-refractivity contribution >= 4 is 33.2 Å². The van der Waals surface area contributed by atoms with Crippen molar-refractivity contribution in [3.8, 4) is 17.2 Å². The van der Waals surface area contributed by atoms with Crippen LogP contribution in [0.15, 0.2) is 65.6 Å². The first-order chi connectivity index (χ1) is 17.2. The van der Waals surface area contributed by atoms with Gasteiger partial charge in [-0.15, -0.1) is 0 Å². The van der Waals surface area contributed by atoms with E-state index in [-0.39, 0.29) is 27.9 Å². The zero-order valence-electron chi connectivity index (χ0n) is 20.0. The number of amides is 1. The van der Waals surface area contributed by atoms with Crippen molar-refractivity contribution < 1.29 is 31.8 Å². The van der Waals surface area contributed by atoms with Gasteiger partial charge in [0, 0.05) is 18.2 Å². The number of rotatable bonds is 11. The summed E-state index contributed by atoms with van der Waals surface area (Å²) < 4.78 is 57.9. The van der Waals surface area contributed by atoms with E-state index in [4.69, 9.17) is 25.8 Å². The maximum Gasteiger partial charge on any atom is 0.264 e. The van der Waals surface area contributed by atoms with Gasteiger partial charge in [0.1, 0.15) is 18.1 Å². The minimum Gasteiger partial charge on any atom is -0.494 e. The van der Waals surface area contributed by atoms with Gasteiger partial charge in [0.15, 0.2) is 11.5 Å². The molecule has 0 saturated carbocycles. The molecule has 3 aromatic carbocycles.